The molecular weight excluding hydrogens is 276 g/mol. The van der Waals surface area contributed by atoms with Gasteiger partial charge in [0.05, 0.1) is 5.56 Å². The standard InChI is InChI=1S/C14H18N2O3S/c15-12(17)11-8-4-1-2-6-10(8)20-14(11)16-13(18)9-5-3-7-19-9/h9H,1-7H2,(H2,15,17)(H,16,18)/t9-/m0/s1. The Morgan fingerprint density at radius 2 is 2.05 bits per heavy atom. The van der Waals surface area contributed by atoms with Crippen LogP contribution >= 0.6 is 11.3 Å². The van der Waals surface area contributed by atoms with Crippen LogP contribution in [0.1, 0.15) is 46.5 Å². The number of nitrogens with two attached hydrogens (primary N) is 1. The van der Waals surface area contributed by atoms with Gasteiger partial charge in [0, 0.05) is 11.5 Å². The molecule has 108 valence electrons. The summed E-state index contributed by atoms with van der Waals surface area (Å²) in [5.41, 5.74) is 7.05. The van der Waals surface area contributed by atoms with E-state index in [2.05, 4.69) is 5.32 Å². The number of carbonyl (C=O) groups excluding carboxylic acids is 2. The van der Waals surface area contributed by atoms with Crippen molar-refractivity contribution in [3.8, 4) is 0 Å². The van der Waals surface area contributed by atoms with E-state index in [0.29, 0.717) is 17.2 Å². The Labute approximate surface area is 121 Å². The summed E-state index contributed by atoms with van der Waals surface area (Å²) in [6, 6.07) is 0. The highest BCUT2D eigenvalue weighted by molar-refractivity contribution is 7.17. The van der Waals surface area contributed by atoms with Gasteiger partial charge in [-0.3, -0.25) is 9.59 Å². The highest BCUT2D eigenvalue weighted by Crippen LogP contribution is 2.38. The van der Waals surface area contributed by atoms with Crippen LogP contribution < -0.4 is 11.1 Å². The second kappa shape index (κ2) is 5.54. The number of carbonyl (C=O) groups is 2. The zero-order valence-corrected chi connectivity index (χ0v) is 12.1. The topological polar surface area (TPSA) is 81.4 Å². The highest BCUT2D eigenvalue weighted by Gasteiger charge is 2.28. The summed E-state index contributed by atoms with van der Waals surface area (Å²) >= 11 is 1.49. The van der Waals surface area contributed by atoms with Crippen LogP contribution in [0.15, 0.2) is 0 Å². The van der Waals surface area contributed by atoms with Gasteiger partial charge in [-0.15, -0.1) is 11.3 Å². The van der Waals surface area contributed by atoms with Crippen LogP contribution in [0.25, 0.3) is 0 Å². The molecule has 20 heavy (non-hydrogen) atoms. The van der Waals surface area contributed by atoms with Gasteiger partial charge in [-0.25, -0.2) is 0 Å². The summed E-state index contributed by atoms with van der Waals surface area (Å²) < 4.78 is 5.37. The van der Waals surface area contributed by atoms with E-state index in [9.17, 15) is 9.59 Å². The van der Waals surface area contributed by atoms with E-state index in [1.165, 1.54) is 16.2 Å². The average Bonchev–Trinajstić information content (AvgIpc) is 3.05. The van der Waals surface area contributed by atoms with Gasteiger partial charge in [0.15, 0.2) is 0 Å². The molecule has 1 fully saturated rings. The molecule has 2 amide bonds. The van der Waals surface area contributed by atoms with E-state index in [-0.39, 0.29) is 5.91 Å². The van der Waals surface area contributed by atoms with Crippen molar-refractivity contribution in [3.05, 3.63) is 16.0 Å². The predicted molar refractivity (Wildman–Crippen MR) is 77.1 cm³/mol. The first kappa shape index (κ1) is 13.6. The smallest absolute Gasteiger partial charge is 0.254 e. The third-order valence-corrected chi connectivity index (χ3v) is 5.08. The second-order valence-electron chi connectivity index (χ2n) is 5.27. The number of aryl methyl sites for hydroxylation is 1. The van der Waals surface area contributed by atoms with Gasteiger partial charge in [0.1, 0.15) is 11.1 Å². The van der Waals surface area contributed by atoms with Gasteiger partial charge in [0.2, 0.25) is 0 Å². The van der Waals surface area contributed by atoms with Crippen LogP contribution in [0.5, 0.6) is 0 Å². The number of rotatable bonds is 3. The molecule has 1 aliphatic heterocycles. The summed E-state index contributed by atoms with van der Waals surface area (Å²) in [7, 11) is 0. The lowest BCUT2D eigenvalue weighted by atomic mass is 9.95. The summed E-state index contributed by atoms with van der Waals surface area (Å²) in [5, 5.41) is 3.45. The van der Waals surface area contributed by atoms with Crippen molar-refractivity contribution < 1.29 is 14.3 Å². The van der Waals surface area contributed by atoms with E-state index < -0.39 is 12.0 Å². The van der Waals surface area contributed by atoms with Crippen LogP contribution in [0.3, 0.4) is 0 Å². The summed E-state index contributed by atoms with van der Waals surface area (Å²) in [4.78, 5) is 25.0. The van der Waals surface area contributed by atoms with Crippen LogP contribution in [0.2, 0.25) is 0 Å². The molecule has 5 nitrogen and oxygen atoms in total. The molecular formula is C14H18N2O3S. The van der Waals surface area contributed by atoms with E-state index in [1.807, 2.05) is 0 Å². The summed E-state index contributed by atoms with van der Waals surface area (Å²) in [6.07, 6.45) is 5.30. The summed E-state index contributed by atoms with van der Waals surface area (Å²) in [6.45, 7) is 0.627. The fourth-order valence-corrected chi connectivity index (χ4v) is 4.19. The molecule has 2 heterocycles. The van der Waals surface area contributed by atoms with Crippen LogP contribution in [0.4, 0.5) is 5.00 Å². The molecule has 0 aromatic carbocycles. The van der Waals surface area contributed by atoms with Crippen molar-refractivity contribution in [2.24, 2.45) is 5.73 Å². The Morgan fingerprint density at radius 1 is 1.25 bits per heavy atom. The monoisotopic (exact) mass is 294 g/mol. The number of anilines is 1. The lowest BCUT2D eigenvalue weighted by Crippen LogP contribution is -2.27. The molecule has 2 aliphatic rings. The number of hydrogen-bond donors (Lipinski definition) is 2. The van der Waals surface area contributed by atoms with Crippen LogP contribution in [-0.4, -0.2) is 24.5 Å². The average molecular weight is 294 g/mol. The minimum absolute atomic E-state index is 0.163. The molecule has 1 aromatic rings. The highest BCUT2D eigenvalue weighted by atomic mass is 32.1. The van der Waals surface area contributed by atoms with Crippen LogP contribution in [0, 0.1) is 0 Å². The van der Waals surface area contributed by atoms with Crippen molar-refractivity contribution in [1.29, 1.82) is 0 Å². The predicted octanol–water partition coefficient (Wildman–Crippen LogP) is 1.84. The third kappa shape index (κ3) is 2.45. The van der Waals surface area contributed by atoms with E-state index in [0.717, 1.165) is 44.1 Å². The molecule has 3 N–H and O–H groups in total. The van der Waals surface area contributed by atoms with Gasteiger partial charge in [0.25, 0.3) is 11.8 Å². The Bertz CT molecular complexity index is 547. The molecule has 0 unspecified atom stereocenters. The van der Waals surface area contributed by atoms with Crippen molar-refractivity contribution >= 4 is 28.2 Å². The zero-order valence-electron chi connectivity index (χ0n) is 11.2. The molecule has 6 heteroatoms. The second-order valence-corrected chi connectivity index (χ2v) is 6.38. The number of thiophene rings is 1. The molecule has 1 atom stereocenters. The lowest BCUT2D eigenvalue weighted by molar-refractivity contribution is -0.124. The van der Waals surface area contributed by atoms with E-state index >= 15 is 0 Å². The number of amides is 2. The molecule has 3 rings (SSSR count). The molecule has 0 saturated carbocycles. The summed E-state index contributed by atoms with van der Waals surface area (Å²) in [5.74, 6) is -0.615. The SMILES string of the molecule is NC(=O)c1c(NC(=O)[C@@H]2CCCO2)sc2c1CCCC2. The first-order valence-electron chi connectivity index (χ1n) is 7.03. The first-order chi connectivity index (χ1) is 9.66. The van der Waals surface area contributed by atoms with Crippen molar-refractivity contribution in [2.75, 3.05) is 11.9 Å². The first-order valence-corrected chi connectivity index (χ1v) is 7.85. The number of hydrogen-bond acceptors (Lipinski definition) is 4. The largest absolute Gasteiger partial charge is 0.368 e. The molecule has 1 aliphatic carbocycles. The van der Waals surface area contributed by atoms with E-state index in [1.54, 1.807) is 0 Å². The van der Waals surface area contributed by atoms with Crippen LogP contribution in [-0.2, 0) is 22.4 Å². The number of fused-ring (bicyclic) bond motifs is 1. The normalized spacial score (nSPS) is 21.5. The maximum atomic E-state index is 12.1. The minimum atomic E-state index is -0.452. The Hall–Kier alpha value is -1.40. The van der Waals surface area contributed by atoms with Gasteiger partial charge in [-0.05, 0) is 44.1 Å². The molecule has 0 radical (unpaired) electrons. The molecule has 0 bridgehead atoms. The van der Waals surface area contributed by atoms with Crippen molar-refractivity contribution in [3.63, 3.8) is 0 Å². The minimum Gasteiger partial charge on any atom is -0.368 e. The van der Waals surface area contributed by atoms with Gasteiger partial charge in [-0.1, -0.05) is 0 Å². The van der Waals surface area contributed by atoms with Crippen molar-refractivity contribution in [1.82, 2.24) is 0 Å². The van der Waals surface area contributed by atoms with Gasteiger partial charge in [-0.2, -0.15) is 0 Å². The lowest BCUT2D eigenvalue weighted by Gasteiger charge is -2.12. The fraction of sp³-hybridized carbons (Fsp3) is 0.571. The molecule has 0 spiro atoms. The van der Waals surface area contributed by atoms with Gasteiger partial charge < -0.3 is 15.8 Å². The number of nitrogens with one attached hydrogen (secondary N) is 1. The molecule has 1 saturated heterocycles. The molecule has 1 aromatic heterocycles. The maximum absolute atomic E-state index is 12.1. The third-order valence-electron chi connectivity index (χ3n) is 3.88. The maximum Gasteiger partial charge on any atom is 0.254 e. The Kier molecular flexibility index (Phi) is 3.76. The Morgan fingerprint density at radius 3 is 2.75 bits per heavy atom. The fourth-order valence-electron chi connectivity index (χ4n) is 2.89. The zero-order chi connectivity index (χ0) is 14.1. The number of ether oxygens (including phenoxy) is 1. The Balaban J connectivity index is 1.86. The number of primary amides is 1. The quantitative estimate of drug-likeness (QED) is 0.892. The van der Waals surface area contributed by atoms with Gasteiger partial charge >= 0.3 is 0 Å². The van der Waals surface area contributed by atoms with Crippen molar-refractivity contribution in [2.45, 2.75) is 44.6 Å². The van der Waals surface area contributed by atoms with E-state index in [4.69, 9.17) is 10.5 Å².